The van der Waals surface area contributed by atoms with Crippen LogP contribution in [-0.2, 0) is 4.79 Å². The molecule has 0 fully saturated rings. The van der Waals surface area contributed by atoms with Crippen molar-refractivity contribution in [1.82, 2.24) is 5.32 Å². The average molecular weight is 299 g/mol. The Hall–Kier alpha value is -0.810. The second kappa shape index (κ2) is 5.01. The minimum Gasteiger partial charge on any atom is -0.312 e. The zero-order valence-electron chi connectivity index (χ0n) is 8.74. The molecule has 1 heterocycles. The number of nitrogens with one attached hydrogen (secondary N) is 1. The van der Waals surface area contributed by atoms with E-state index in [-0.39, 0.29) is 11.9 Å². The van der Waals surface area contributed by atoms with Crippen molar-refractivity contribution in [2.24, 2.45) is 4.99 Å². The van der Waals surface area contributed by atoms with Crippen LogP contribution in [0.3, 0.4) is 0 Å². The summed E-state index contributed by atoms with van der Waals surface area (Å²) in [6.45, 7) is 1.80. The molecule has 5 heteroatoms. The van der Waals surface area contributed by atoms with E-state index < -0.39 is 0 Å². The monoisotopic (exact) mass is 298 g/mol. The standard InChI is InChI=1S/C11H11BrN2OS/c1-7-11(15)14-10(13-7)6-16-9-5-3-2-4-8(9)12/h2-5,7H,6H2,1H3,(H,13,14,15). The van der Waals surface area contributed by atoms with E-state index in [9.17, 15) is 4.79 Å². The zero-order chi connectivity index (χ0) is 11.5. The lowest BCUT2D eigenvalue weighted by Crippen LogP contribution is -2.28. The molecular formula is C11H11BrN2OS. The average Bonchev–Trinajstić information content (AvgIpc) is 2.57. The number of amidine groups is 1. The smallest absolute Gasteiger partial charge is 0.249 e. The summed E-state index contributed by atoms with van der Waals surface area (Å²) in [7, 11) is 0. The van der Waals surface area contributed by atoms with Crippen LogP contribution in [0.4, 0.5) is 0 Å². The van der Waals surface area contributed by atoms with Gasteiger partial charge in [-0.1, -0.05) is 12.1 Å². The first kappa shape index (κ1) is 11.7. The molecule has 16 heavy (non-hydrogen) atoms. The Morgan fingerprint density at radius 2 is 2.25 bits per heavy atom. The van der Waals surface area contributed by atoms with Crippen LogP contribution in [0.5, 0.6) is 0 Å². The zero-order valence-corrected chi connectivity index (χ0v) is 11.1. The number of nitrogens with zero attached hydrogens (tertiary/aromatic N) is 1. The molecule has 3 nitrogen and oxygen atoms in total. The van der Waals surface area contributed by atoms with Crippen LogP contribution in [0, 0.1) is 0 Å². The summed E-state index contributed by atoms with van der Waals surface area (Å²) in [6, 6.07) is 7.76. The van der Waals surface area contributed by atoms with Gasteiger partial charge in [-0.25, -0.2) is 0 Å². The third kappa shape index (κ3) is 2.65. The van der Waals surface area contributed by atoms with E-state index in [0.717, 1.165) is 15.2 Å². The van der Waals surface area contributed by atoms with Crippen molar-refractivity contribution in [3.05, 3.63) is 28.7 Å². The summed E-state index contributed by atoms with van der Waals surface area (Å²) in [6.07, 6.45) is 0. The van der Waals surface area contributed by atoms with E-state index in [0.29, 0.717) is 5.75 Å². The van der Waals surface area contributed by atoms with Crippen molar-refractivity contribution in [2.45, 2.75) is 17.9 Å². The summed E-state index contributed by atoms with van der Waals surface area (Å²) in [5, 5.41) is 2.77. The number of carbonyl (C=O) groups excluding carboxylic acids is 1. The Morgan fingerprint density at radius 3 is 2.88 bits per heavy atom. The molecule has 1 amide bonds. The molecule has 0 aliphatic carbocycles. The minimum absolute atomic E-state index is 0.0114. The number of hydrogen-bond donors (Lipinski definition) is 1. The molecule has 1 aliphatic rings. The normalized spacial score (nSPS) is 19.5. The van der Waals surface area contributed by atoms with Crippen molar-refractivity contribution >= 4 is 39.4 Å². The Bertz CT molecular complexity index is 447. The molecule has 0 spiro atoms. The van der Waals surface area contributed by atoms with Crippen LogP contribution in [0.15, 0.2) is 38.6 Å². The maximum Gasteiger partial charge on any atom is 0.249 e. The molecule has 0 radical (unpaired) electrons. The van der Waals surface area contributed by atoms with E-state index in [1.807, 2.05) is 24.3 Å². The van der Waals surface area contributed by atoms with Gasteiger partial charge in [0.1, 0.15) is 11.9 Å². The number of aliphatic imine (C=N–C) groups is 1. The molecule has 0 aromatic heterocycles. The lowest BCUT2D eigenvalue weighted by atomic mass is 10.4. The fourth-order valence-electron chi connectivity index (χ4n) is 1.35. The van der Waals surface area contributed by atoms with Gasteiger partial charge in [0, 0.05) is 9.37 Å². The molecule has 0 bridgehead atoms. The Kier molecular flexibility index (Phi) is 3.66. The Balaban J connectivity index is 1.96. The largest absolute Gasteiger partial charge is 0.312 e. The molecule has 1 N–H and O–H groups in total. The fraction of sp³-hybridized carbons (Fsp3) is 0.273. The predicted octanol–water partition coefficient (Wildman–Crippen LogP) is 2.46. The number of benzene rings is 1. The Morgan fingerprint density at radius 1 is 1.50 bits per heavy atom. The van der Waals surface area contributed by atoms with Crippen molar-refractivity contribution < 1.29 is 4.79 Å². The number of amides is 1. The van der Waals surface area contributed by atoms with Gasteiger partial charge in [-0.3, -0.25) is 9.79 Å². The molecule has 0 saturated heterocycles. The van der Waals surface area contributed by atoms with Crippen molar-refractivity contribution in [3.8, 4) is 0 Å². The van der Waals surface area contributed by atoms with E-state index in [1.54, 1.807) is 18.7 Å². The van der Waals surface area contributed by atoms with Crippen molar-refractivity contribution in [1.29, 1.82) is 0 Å². The third-order valence-electron chi connectivity index (χ3n) is 2.20. The van der Waals surface area contributed by atoms with Crippen molar-refractivity contribution in [2.75, 3.05) is 5.75 Å². The summed E-state index contributed by atoms with van der Waals surface area (Å²) < 4.78 is 1.07. The molecule has 1 atom stereocenters. The highest BCUT2D eigenvalue weighted by atomic mass is 79.9. The van der Waals surface area contributed by atoms with Gasteiger partial charge in [0.25, 0.3) is 0 Å². The number of rotatable bonds is 3. The maximum atomic E-state index is 11.2. The summed E-state index contributed by atoms with van der Waals surface area (Å²) in [5.41, 5.74) is 0. The highest BCUT2D eigenvalue weighted by Gasteiger charge is 2.21. The van der Waals surface area contributed by atoms with Gasteiger partial charge >= 0.3 is 0 Å². The topological polar surface area (TPSA) is 41.5 Å². The van der Waals surface area contributed by atoms with Gasteiger partial charge in [0.2, 0.25) is 5.91 Å². The predicted molar refractivity (Wildman–Crippen MR) is 69.9 cm³/mol. The van der Waals surface area contributed by atoms with E-state index in [4.69, 9.17) is 0 Å². The van der Waals surface area contributed by atoms with Gasteiger partial charge in [-0.2, -0.15) is 0 Å². The second-order valence-electron chi connectivity index (χ2n) is 3.46. The van der Waals surface area contributed by atoms with Crippen LogP contribution in [0.1, 0.15) is 6.92 Å². The molecule has 1 aromatic carbocycles. The minimum atomic E-state index is -0.241. The van der Waals surface area contributed by atoms with E-state index in [2.05, 4.69) is 26.2 Å². The first-order valence-electron chi connectivity index (χ1n) is 4.91. The van der Waals surface area contributed by atoms with Gasteiger partial charge in [-0.15, -0.1) is 11.8 Å². The summed E-state index contributed by atoms with van der Waals surface area (Å²) in [5.74, 6) is 1.44. The van der Waals surface area contributed by atoms with Gasteiger partial charge in [-0.05, 0) is 35.0 Å². The third-order valence-corrected chi connectivity index (χ3v) is 4.24. The highest BCUT2D eigenvalue weighted by molar-refractivity contribution is 9.10. The molecule has 1 aliphatic heterocycles. The van der Waals surface area contributed by atoms with Gasteiger partial charge in [0.05, 0.1) is 5.75 Å². The lowest BCUT2D eigenvalue weighted by Gasteiger charge is -2.03. The highest BCUT2D eigenvalue weighted by Crippen LogP contribution is 2.27. The van der Waals surface area contributed by atoms with Crippen LogP contribution >= 0.6 is 27.7 Å². The molecular weight excluding hydrogens is 288 g/mol. The molecule has 84 valence electrons. The lowest BCUT2D eigenvalue weighted by molar-refractivity contribution is -0.119. The SMILES string of the molecule is CC1N=C(CSc2ccccc2Br)NC1=O. The molecule has 0 saturated carbocycles. The second-order valence-corrected chi connectivity index (χ2v) is 5.33. The molecule has 2 rings (SSSR count). The number of carbonyl (C=O) groups is 1. The van der Waals surface area contributed by atoms with Crippen molar-refractivity contribution in [3.63, 3.8) is 0 Å². The number of hydrogen-bond acceptors (Lipinski definition) is 3. The van der Waals surface area contributed by atoms with Crippen LogP contribution in [0.2, 0.25) is 0 Å². The molecule has 1 unspecified atom stereocenters. The Labute approximate surface area is 107 Å². The van der Waals surface area contributed by atoms with E-state index in [1.165, 1.54) is 0 Å². The first-order chi connectivity index (χ1) is 7.66. The van der Waals surface area contributed by atoms with E-state index >= 15 is 0 Å². The number of thioether (sulfide) groups is 1. The maximum absolute atomic E-state index is 11.2. The molecule has 1 aromatic rings. The fourth-order valence-corrected chi connectivity index (χ4v) is 2.80. The van der Waals surface area contributed by atoms with Crippen LogP contribution in [-0.4, -0.2) is 23.5 Å². The quantitative estimate of drug-likeness (QED) is 0.871. The van der Waals surface area contributed by atoms with Gasteiger partial charge < -0.3 is 5.32 Å². The number of halogens is 1. The van der Waals surface area contributed by atoms with Crippen LogP contribution in [0.25, 0.3) is 0 Å². The summed E-state index contributed by atoms with van der Waals surface area (Å²) >= 11 is 5.14. The summed E-state index contributed by atoms with van der Waals surface area (Å²) in [4.78, 5) is 16.6. The first-order valence-corrected chi connectivity index (χ1v) is 6.69. The van der Waals surface area contributed by atoms with Gasteiger partial charge in [0.15, 0.2) is 0 Å². The van der Waals surface area contributed by atoms with Crippen LogP contribution < -0.4 is 5.32 Å².